The van der Waals surface area contributed by atoms with Crippen LogP contribution in [0.3, 0.4) is 0 Å². The van der Waals surface area contributed by atoms with Gasteiger partial charge in [0.2, 0.25) is 0 Å². The third-order valence-corrected chi connectivity index (χ3v) is 3.07. The number of aryl methyl sites for hydroxylation is 1. The first kappa shape index (κ1) is 11.4. The fourth-order valence-electron chi connectivity index (χ4n) is 2.08. The Morgan fingerprint density at radius 1 is 1.21 bits per heavy atom. The molecule has 0 aliphatic carbocycles. The third kappa shape index (κ3) is 1.95. The van der Waals surface area contributed by atoms with E-state index in [0.29, 0.717) is 16.9 Å². The van der Waals surface area contributed by atoms with Crippen LogP contribution in [0.4, 0.5) is 5.69 Å². The molecule has 0 spiro atoms. The number of nitrogens with two attached hydrogens (primary N) is 1. The monoisotopic (exact) mass is 252 g/mol. The molecular weight excluding hydrogens is 240 g/mol. The summed E-state index contributed by atoms with van der Waals surface area (Å²) in [6.07, 6.45) is 3.08. The summed E-state index contributed by atoms with van der Waals surface area (Å²) in [5.74, 6) is 0. The van der Waals surface area contributed by atoms with Crippen molar-refractivity contribution in [3.05, 3.63) is 52.7 Å². The van der Waals surface area contributed by atoms with Gasteiger partial charge in [0.25, 0.3) is 5.56 Å². The standard InChI is InChI=1S/C14H12N4O/c1-8-2-3-10(15)5-11(8)12-4-9-6-16-7-17-13(9)18-14(12)19/h2-7H,15H2,1H3,(H,16,17,18,19). The van der Waals surface area contributed by atoms with Crippen LogP contribution < -0.4 is 11.3 Å². The van der Waals surface area contributed by atoms with Crippen molar-refractivity contribution in [1.29, 1.82) is 0 Å². The Morgan fingerprint density at radius 3 is 2.89 bits per heavy atom. The number of nitrogens with zero attached hydrogens (tertiary/aromatic N) is 2. The fourth-order valence-corrected chi connectivity index (χ4v) is 2.08. The average molecular weight is 252 g/mol. The molecule has 0 aliphatic heterocycles. The van der Waals surface area contributed by atoms with Crippen LogP contribution >= 0.6 is 0 Å². The number of rotatable bonds is 1. The van der Waals surface area contributed by atoms with Crippen molar-refractivity contribution in [2.75, 3.05) is 5.73 Å². The van der Waals surface area contributed by atoms with Crippen molar-refractivity contribution in [3.63, 3.8) is 0 Å². The molecule has 0 saturated heterocycles. The van der Waals surface area contributed by atoms with Gasteiger partial charge in [0, 0.05) is 22.8 Å². The molecule has 2 heterocycles. The molecule has 0 unspecified atom stereocenters. The van der Waals surface area contributed by atoms with E-state index in [9.17, 15) is 4.79 Å². The van der Waals surface area contributed by atoms with E-state index in [1.807, 2.05) is 19.1 Å². The Bertz CT molecular complexity index is 823. The van der Waals surface area contributed by atoms with Crippen LogP contribution in [0.25, 0.3) is 22.2 Å². The second-order valence-corrected chi connectivity index (χ2v) is 4.41. The molecule has 2 aromatic heterocycles. The largest absolute Gasteiger partial charge is 0.399 e. The first-order chi connectivity index (χ1) is 9.15. The molecule has 0 aliphatic rings. The normalized spacial score (nSPS) is 10.8. The van der Waals surface area contributed by atoms with Crippen molar-refractivity contribution >= 4 is 16.7 Å². The minimum absolute atomic E-state index is 0.181. The number of benzene rings is 1. The molecular formula is C14H12N4O. The Balaban J connectivity index is 2.33. The zero-order chi connectivity index (χ0) is 13.4. The van der Waals surface area contributed by atoms with E-state index in [4.69, 9.17) is 5.73 Å². The lowest BCUT2D eigenvalue weighted by atomic mass is 10.0. The van der Waals surface area contributed by atoms with Crippen molar-refractivity contribution in [1.82, 2.24) is 15.0 Å². The van der Waals surface area contributed by atoms with Gasteiger partial charge in [-0.1, -0.05) is 6.07 Å². The molecule has 1 aromatic carbocycles. The van der Waals surface area contributed by atoms with E-state index in [1.165, 1.54) is 6.33 Å². The maximum Gasteiger partial charge on any atom is 0.257 e. The maximum absolute atomic E-state index is 12.1. The highest BCUT2D eigenvalue weighted by Crippen LogP contribution is 2.24. The summed E-state index contributed by atoms with van der Waals surface area (Å²) in [5.41, 5.74) is 9.17. The van der Waals surface area contributed by atoms with Gasteiger partial charge in [-0.2, -0.15) is 0 Å². The van der Waals surface area contributed by atoms with Gasteiger partial charge in [0.15, 0.2) is 0 Å². The van der Waals surface area contributed by atoms with Crippen LogP contribution in [-0.4, -0.2) is 15.0 Å². The average Bonchev–Trinajstić information content (AvgIpc) is 2.41. The van der Waals surface area contributed by atoms with E-state index in [-0.39, 0.29) is 5.56 Å². The SMILES string of the molecule is Cc1ccc(N)cc1-c1cc2cncnc2[nH]c1=O. The number of aromatic nitrogens is 3. The Hall–Kier alpha value is -2.69. The summed E-state index contributed by atoms with van der Waals surface area (Å²) in [7, 11) is 0. The second-order valence-electron chi connectivity index (χ2n) is 4.41. The molecule has 3 N–H and O–H groups in total. The minimum Gasteiger partial charge on any atom is -0.399 e. The van der Waals surface area contributed by atoms with E-state index < -0.39 is 0 Å². The van der Waals surface area contributed by atoms with Crippen molar-refractivity contribution < 1.29 is 0 Å². The molecule has 0 saturated carbocycles. The molecule has 3 aromatic rings. The molecule has 5 heteroatoms. The summed E-state index contributed by atoms with van der Waals surface area (Å²) in [6, 6.07) is 7.30. The summed E-state index contributed by atoms with van der Waals surface area (Å²) in [4.78, 5) is 22.9. The van der Waals surface area contributed by atoms with Crippen LogP contribution in [0.15, 0.2) is 41.6 Å². The van der Waals surface area contributed by atoms with Gasteiger partial charge in [-0.05, 0) is 36.2 Å². The van der Waals surface area contributed by atoms with Crippen LogP contribution in [-0.2, 0) is 0 Å². The van der Waals surface area contributed by atoms with Gasteiger partial charge < -0.3 is 10.7 Å². The number of nitrogens with one attached hydrogen (secondary N) is 1. The zero-order valence-corrected chi connectivity index (χ0v) is 10.3. The van der Waals surface area contributed by atoms with Crippen LogP contribution in [0.5, 0.6) is 0 Å². The topological polar surface area (TPSA) is 84.7 Å². The Kier molecular flexibility index (Phi) is 2.52. The maximum atomic E-state index is 12.1. The van der Waals surface area contributed by atoms with E-state index in [1.54, 1.807) is 18.3 Å². The van der Waals surface area contributed by atoms with Gasteiger partial charge >= 0.3 is 0 Å². The highest BCUT2D eigenvalue weighted by Gasteiger charge is 2.09. The highest BCUT2D eigenvalue weighted by molar-refractivity contribution is 5.81. The first-order valence-corrected chi connectivity index (χ1v) is 5.85. The Labute approximate surface area is 109 Å². The molecule has 0 amide bonds. The van der Waals surface area contributed by atoms with Crippen LogP contribution in [0.1, 0.15) is 5.56 Å². The number of nitrogen functional groups attached to an aromatic ring is 1. The molecule has 0 fully saturated rings. The quantitative estimate of drug-likeness (QED) is 0.647. The lowest BCUT2D eigenvalue weighted by Gasteiger charge is -2.07. The lowest BCUT2D eigenvalue weighted by Crippen LogP contribution is -2.10. The zero-order valence-electron chi connectivity index (χ0n) is 10.3. The number of fused-ring (bicyclic) bond motifs is 1. The molecule has 0 radical (unpaired) electrons. The second kappa shape index (κ2) is 4.20. The highest BCUT2D eigenvalue weighted by atomic mass is 16.1. The van der Waals surface area contributed by atoms with Gasteiger partial charge in [-0.25, -0.2) is 9.97 Å². The summed E-state index contributed by atoms with van der Waals surface area (Å²) >= 11 is 0. The molecule has 3 rings (SSSR count). The molecule has 94 valence electrons. The molecule has 19 heavy (non-hydrogen) atoms. The van der Waals surface area contributed by atoms with Gasteiger partial charge in [0.1, 0.15) is 12.0 Å². The number of H-pyrrole nitrogens is 1. The summed E-state index contributed by atoms with van der Waals surface area (Å²) < 4.78 is 0. The predicted octanol–water partition coefficient (Wildman–Crippen LogP) is 1.88. The van der Waals surface area contributed by atoms with Gasteiger partial charge in [-0.15, -0.1) is 0 Å². The van der Waals surface area contributed by atoms with Crippen molar-refractivity contribution in [2.45, 2.75) is 6.92 Å². The van der Waals surface area contributed by atoms with Crippen molar-refractivity contribution in [2.24, 2.45) is 0 Å². The van der Waals surface area contributed by atoms with Crippen molar-refractivity contribution in [3.8, 4) is 11.1 Å². The van der Waals surface area contributed by atoms with Gasteiger partial charge in [0.05, 0.1) is 0 Å². The number of anilines is 1. The number of hydrogen-bond acceptors (Lipinski definition) is 4. The predicted molar refractivity (Wildman–Crippen MR) is 74.7 cm³/mol. The molecule has 0 bridgehead atoms. The van der Waals surface area contributed by atoms with E-state index in [0.717, 1.165) is 16.5 Å². The Morgan fingerprint density at radius 2 is 2.05 bits per heavy atom. The third-order valence-electron chi connectivity index (χ3n) is 3.07. The van der Waals surface area contributed by atoms with Crippen LogP contribution in [0.2, 0.25) is 0 Å². The summed E-state index contributed by atoms with van der Waals surface area (Å²) in [6.45, 7) is 1.94. The van der Waals surface area contributed by atoms with E-state index >= 15 is 0 Å². The molecule has 5 nitrogen and oxygen atoms in total. The number of hydrogen-bond donors (Lipinski definition) is 2. The van der Waals surface area contributed by atoms with Gasteiger partial charge in [-0.3, -0.25) is 4.79 Å². The number of aromatic amines is 1. The minimum atomic E-state index is -0.181. The first-order valence-electron chi connectivity index (χ1n) is 5.85. The smallest absolute Gasteiger partial charge is 0.257 e. The van der Waals surface area contributed by atoms with Crippen LogP contribution in [0, 0.1) is 6.92 Å². The number of pyridine rings is 1. The lowest BCUT2D eigenvalue weighted by molar-refractivity contribution is 1.16. The molecule has 0 atom stereocenters. The van der Waals surface area contributed by atoms with E-state index in [2.05, 4.69) is 15.0 Å². The summed E-state index contributed by atoms with van der Waals surface area (Å²) in [5, 5.41) is 0.791. The fraction of sp³-hybridized carbons (Fsp3) is 0.0714.